The average Bonchev–Trinajstić information content (AvgIpc) is 2.21. The largest absolute Gasteiger partial charge is 0.380 e. The molecule has 0 radical (unpaired) electrons. The Labute approximate surface area is 96.4 Å². The lowest BCUT2D eigenvalue weighted by Gasteiger charge is -2.13. The van der Waals surface area contributed by atoms with Crippen molar-refractivity contribution in [2.75, 3.05) is 18.5 Å². The topological polar surface area (TPSA) is 67.0 Å². The molecule has 1 aromatic heterocycles. The van der Waals surface area contributed by atoms with Gasteiger partial charge in [0, 0.05) is 13.2 Å². The van der Waals surface area contributed by atoms with E-state index in [1.165, 1.54) is 0 Å². The fraction of sp³-hybridized carbons (Fsp3) is 0.556. The van der Waals surface area contributed by atoms with Crippen LogP contribution < -0.4 is 10.9 Å². The van der Waals surface area contributed by atoms with Gasteiger partial charge >= 0.3 is 0 Å². The number of hydrogen-bond donors (Lipinski definition) is 2. The number of aromatic amines is 1. The van der Waals surface area contributed by atoms with Gasteiger partial charge in [0.1, 0.15) is 4.47 Å². The number of H-pyrrole nitrogens is 1. The van der Waals surface area contributed by atoms with E-state index in [1.54, 1.807) is 6.20 Å². The van der Waals surface area contributed by atoms with Gasteiger partial charge in [0.2, 0.25) is 0 Å². The average molecular weight is 276 g/mol. The minimum Gasteiger partial charge on any atom is -0.380 e. The van der Waals surface area contributed by atoms with Gasteiger partial charge in [0.05, 0.1) is 18.0 Å². The number of nitrogens with zero attached hydrogens (tertiary/aromatic N) is 1. The lowest BCUT2D eigenvalue weighted by molar-refractivity contribution is 0.0855. The van der Waals surface area contributed by atoms with E-state index in [0.29, 0.717) is 23.3 Å². The van der Waals surface area contributed by atoms with Crippen molar-refractivity contribution in [3.63, 3.8) is 0 Å². The Hall–Kier alpha value is -0.880. The second kappa shape index (κ2) is 5.87. The highest BCUT2D eigenvalue weighted by Crippen LogP contribution is 2.15. The van der Waals surface area contributed by atoms with Crippen LogP contribution in [-0.4, -0.2) is 29.5 Å². The standard InChI is InChI=1S/C9H14BrN3O2/c1-3-15-6(2)4-11-7-5-12-13-9(14)8(7)10/h5-6H,3-4H2,1-2H3,(H2,11,13,14). The third kappa shape index (κ3) is 3.64. The maximum Gasteiger partial charge on any atom is 0.280 e. The summed E-state index contributed by atoms with van der Waals surface area (Å²) < 4.78 is 5.81. The monoisotopic (exact) mass is 275 g/mol. The maximum atomic E-state index is 11.2. The van der Waals surface area contributed by atoms with Crippen LogP contribution in [0.1, 0.15) is 13.8 Å². The van der Waals surface area contributed by atoms with E-state index in [4.69, 9.17) is 4.74 Å². The summed E-state index contributed by atoms with van der Waals surface area (Å²) in [5.74, 6) is 0. The third-order valence-corrected chi connectivity index (χ3v) is 2.61. The van der Waals surface area contributed by atoms with E-state index in [2.05, 4.69) is 31.4 Å². The minimum atomic E-state index is -0.246. The molecule has 1 unspecified atom stereocenters. The molecule has 0 fully saturated rings. The Morgan fingerprint density at radius 3 is 3.13 bits per heavy atom. The smallest absolute Gasteiger partial charge is 0.280 e. The van der Waals surface area contributed by atoms with Crippen LogP contribution in [-0.2, 0) is 4.74 Å². The van der Waals surface area contributed by atoms with Crippen molar-refractivity contribution in [2.24, 2.45) is 0 Å². The number of ether oxygens (including phenoxy) is 1. The van der Waals surface area contributed by atoms with Crippen LogP contribution in [0.25, 0.3) is 0 Å². The Morgan fingerprint density at radius 1 is 1.73 bits per heavy atom. The molecule has 15 heavy (non-hydrogen) atoms. The molecule has 0 amide bonds. The highest BCUT2D eigenvalue weighted by atomic mass is 79.9. The van der Waals surface area contributed by atoms with Crippen molar-refractivity contribution >= 4 is 21.6 Å². The summed E-state index contributed by atoms with van der Waals surface area (Å²) >= 11 is 3.18. The van der Waals surface area contributed by atoms with Crippen molar-refractivity contribution in [3.05, 3.63) is 21.0 Å². The molecule has 84 valence electrons. The van der Waals surface area contributed by atoms with Gasteiger partial charge in [-0.25, -0.2) is 5.10 Å². The Balaban J connectivity index is 2.58. The molecule has 0 saturated heterocycles. The Morgan fingerprint density at radius 2 is 2.47 bits per heavy atom. The summed E-state index contributed by atoms with van der Waals surface area (Å²) in [6, 6.07) is 0. The van der Waals surface area contributed by atoms with E-state index in [0.717, 1.165) is 0 Å². The summed E-state index contributed by atoms with van der Waals surface area (Å²) in [4.78, 5) is 11.2. The number of hydrogen-bond acceptors (Lipinski definition) is 4. The van der Waals surface area contributed by atoms with Crippen LogP contribution >= 0.6 is 15.9 Å². The molecule has 0 saturated carbocycles. The zero-order valence-electron chi connectivity index (χ0n) is 8.71. The second-order valence-corrected chi connectivity index (χ2v) is 3.87. The molecule has 0 aliphatic heterocycles. The predicted octanol–water partition coefficient (Wildman–Crippen LogP) is 1.37. The fourth-order valence-corrected chi connectivity index (χ4v) is 1.44. The number of nitrogens with one attached hydrogen (secondary N) is 2. The van der Waals surface area contributed by atoms with Crippen LogP contribution in [0.4, 0.5) is 5.69 Å². The summed E-state index contributed by atoms with van der Waals surface area (Å²) in [5, 5.41) is 9.11. The van der Waals surface area contributed by atoms with E-state index in [1.807, 2.05) is 13.8 Å². The maximum absolute atomic E-state index is 11.2. The molecule has 1 aromatic rings. The summed E-state index contributed by atoms with van der Waals surface area (Å²) in [7, 11) is 0. The van der Waals surface area contributed by atoms with Gasteiger partial charge in [-0.1, -0.05) is 0 Å². The van der Waals surface area contributed by atoms with Gasteiger partial charge in [0.25, 0.3) is 5.56 Å². The first-order chi connectivity index (χ1) is 7.15. The first kappa shape index (κ1) is 12.2. The molecular formula is C9H14BrN3O2. The fourth-order valence-electron chi connectivity index (χ4n) is 1.10. The van der Waals surface area contributed by atoms with E-state index < -0.39 is 0 Å². The molecule has 1 atom stereocenters. The molecule has 5 nitrogen and oxygen atoms in total. The van der Waals surface area contributed by atoms with Crippen molar-refractivity contribution in [3.8, 4) is 0 Å². The van der Waals surface area contributed by atoms with Crippen LogP contribution in [0.5, 0.6) is 0 Å². The van der Waals surface area contributed by atoms with Crippen molar-refractivity contribution in [1.29, 1.82) is 0 Å². The number of rotatable bonds is 5. The molecule has 0 aromatic carbocycles. The lowest BCUT2D eigenvalue weighted by atomic mass is 10.3. The van der Waals surface area contributed by atoms with Gasteiger partial charge < -0.3 is 10.1 Å². The molecule has 0 spiro atoms. The molecular weight excluding hydrogens is 262 g/mol. The Kier molecular flexibility index (Phi) is 4.77. The normalized spacial score (nSPS) is 12.5. The molecule has 2 N–H and O–H groups in total. The zero-order chi connectivity index (χ0) is 11.3. The highest BCUT2D eigenvalue weighted by Gasteiger charge is 2.05. The predicted molar refractivity (Wildman–Crippen MR) is 62.1 cm³/mol. The van der Waals surface area contributed by atoms with E-state index >= 15 is 0 Å². The Bertz CT molecular complexity index is 367. The molecule has 0 bridgehead atoms. The summed E-state index contributed by atoms with van der Waals surface area (Å²) in [5.41, 5.74) is 0.425. The lowest BCUT2D eigenvalue weighted by Crippen LogP contribution is -2.21. The number of halogens is 1. The van der Waals surface area contributed by atoms with Crippen molar-refractivity contribution in [1.82, 2.24) is 10.2 Å². The molecule has 0 aliphatic rings. The molecule has 0 aliphatic carbocycles. The van der Waals surface area contributed by atoms with Crippen LogP contribution in [0, 0.1) is 0 Å². The molecule has 6 heteroatoms. The van der Waals surface area contributed by atoms with E-state index in [-0.39, 0.29) is 11.7 Å². The van der Waals surface area contributed by atoms with Gasteiger partial charge in [-0.3, -0.25) is 4.79 Å². The third-order valence-electron chi connectivity index (χ3n) is 1.83. The van der Waals surface area contributed by atoms with Crippen molar-refractivity contribution in [2.45, 2.75) is 20.0 Å². The van der Waals surface area contributed by atoms with Crippen LogP contribution in [0.2, 0.25) is 0 Å². The van der Waals surface area contributed by atoms with Gasteiger partial charge in [-0.05, 0) is 29.8 Å². The second-order valence-electron chi connectivity index (χ2n) is 3.07. The van der Waals surface area contributed by atoms with Crippen molar-refractivity contribution < 1.29 is 4.74 Å². The van der Waals surface area contributed by atoms with Crippen LogP contribution in [0.3, 0.4) is 0 Å². The zero-order valence-corrected chi connectivity index (χ0v) is 10.3. The number of anilines is 1. The van der Waals surface area contributed by atoms with Gasteiger partial charge in [-0.2, -0.15) is 5.10 Å². The summed E-state index contributed by atoms with van der Waals surface area (Å²) in [6.07, 6.45) is 1.66. The summed E-state index contributed by atoms with van der Waals surface area (Å²) in [6.45, 7) is 5.22. The van der Waals surface area contributed by atoms with E-state index in [9.17, 15) is 4.79 Å². The van der Waals surface area contributed by atoms with Gasteiger partial charge in [0.15, 0.2) is 0 Å². The first-order valence-electron chi connectivity index (χ1n) is 4.73. The van der Waals surface area contributed by atoms with Gasteiger partial charge in [-0.15, -0.1) is 0 Å². The SMILES string of the molecule is CCOC(C)CNc1cn[nH]c(=O)c1Br. The number of aromatic nitrogens is 2. The minimum absolute atomic E-state index is 0.0983. The van der Waals surface area contributed by atoms with Crippen LogP contribution in [0.15, 0.2) is 15.5 Å². The molecule has 1 heterocycles. The first-order valence-corrected chi connectivity index (χ1v) is 5.53. The molecule has 1 rings (SSSR count). The quantitative estimate of drug-likeness (QED) is 0.852. The highest BCUT2D eigenvalue weighted by molar-refractivity contribution is 9.10.